The van der Waals surface area contributed by atoms with Crippen molar-refractivity contribution in [3.8, 4) is 6.07 Å². The number of nitriles is 1. The minimum absolute atomic E-state index is 0.0219. The van der Waals surface area contributed by atoms with Crippen molar-refractivity contribution in [1.29, 1.82) is 5.26 Å². The Bertz CT molecular complexity index is 1520. The molecule has 2 aliphatic rings. The van der Waals surface area contributed by atoms with Crippen molar-refractivity contribution in [3.63, 3.8) is 0 Å². The fraction of sp³-hybridized carbons (Fsp3) is 0.310. The maximum Gasteiger partial charge on any atom is 0.229 e. The second-order valence-electron chi connectivity index (χ2n) is 9.97. The van der Waals surface area contributed by atoms with E-state index in [0.717, 1.165) is 34.6 Å². The number of pyridine rings is 2. The molecule has 2 fully saturated rings. The number of anilines is 2. The normalized spacial score (nSPS) is 18.4. The van der Waals surface area contributed by atoms with Crippen molar-refractivity contribution in [2.24, 2.45) is 5.92 Å². The van der Waals surface area contributed by atoms with Gasteiger partial charge in [-0.3, -0.25) is 4.79 Å². The van der Waals surface area contributed by atoms with Crippen LogP contribution in [0.25, 0.3) is 5.65 Å². The molecule has 2 N–H and O–H groups in total. The standard InChI is InChI=1S/C29H27ClN6O/c30-22-5-1-3-19(12-22)25-14-26(25)29(37)35-27-13-23(8-10-32-27)33-15-24-17-36-16-21(18-6-7-18)11-20(4-2-9-31)28(36)34-24/h1,3,5,8,10-13,16-18,25-26H,2,4,6-7,14-15H2,(H2,32,33,35,37). The smallest absolute Gasteiger partial charge is 0.229 e. The predicted octanol–water partition coefficient (Wildman–Crippen LogP) is 6.07. The summed E-state index contributed by atoms with van der Waals surface area (Å²) in [4.78, 5) is 22.0. The van der Waals surface area contributed by atoms with E-state index in [9.17, 15) is 4.79 Å². The number of imidazole rings is 1. The molecule has 7 nitrogen and oxygen atoms in total. The minimum Gasteiger partial charge on any atom is -0.379 e. The molecule has 1 aromatic carbocycles. The summed E-state index contributed by atoms with van der Waals surface area (Å²) in [6.45, 7) is 0.537. The third kappa shape index (κ3) is 5.30. The number of hydrogen-bond donors (Lipinski definition) is 2. The van der Waals surface area contributed by atoms with E-state index in [2.05, 4.69) is 44.5 Å². The molecular weight excluding hydrogens is 484 g/mol. The van der Waals surface area contributed by atoms with Crippen molar-refractivity contribution in [1.82, 2.24) is 14.4 Å². The molecule has 3 aromatic heterocycles. The summed E-state index contributed by atoms with van der Waals surface area (Å²) in [7, 11) is 0. The zero-order chi connectivity index (χ0) is 25.4. The fourth-order valence-electron chi connectivity index (χ4n) is 4.95. The van der Waals surface area contributed by atoms with Gasteiger partial charge in [-0.15, -0.1) is 0 Å². The van der Waals surface area contributed by atoms with E-state index >= 15 is 0 Å². The van der Waals surface area contributed by atoms with Gasteiger partial charge in [-0.2, -0.15) is 5.26 Å². The van der Waals surface area contributed by atoms with Crippen LogP contribution in [0.1, 0.15) is 59.9 Å². The van der Waals surface area contributed by atoms with E-state index in [-0.39, 0.29) is 17.7 Å². The zero-order valence-corrected chi connectivity index (χ0v) is 21.1. The summed E-state index contributed by atoms with van der Waals surface area (Å²) in [6, 6.07) is 15.9. The third-order valence-corrected chi connectivity index (χ3v) is 7.38. The minimum atomic E-state index is -0.0642. The lowest BCUT2D eigenvalue weighted by Crippen LogP contribution is -2.15. The van der Waals surface area contributed by atoms with Gasteiger partial charge < -0.3 is 15.0 Å². The Morgan fingerprint density at radius 3 is 2.86 bits per heavy atom. The first-order valence-electron chi connectivity index (χ1n) is 12.7. The predicted molar refractivity (Wildman–Crippen MR) is 144 cm³/mol. The van der Waals surface area contributed by atoms with Gasteiger partial charge in [0, 0.05) is 47.7 Å². The van der Waals surface area contributed by atoms with Crippen molar-refractivity contribution < 1.29 is 4.79 Å². The second-order valence-corrected chi connectivity index (χ2v) is 10.4. The molecule has 37 heavy (non-hydrogen) atoms. The number of benzene rings is 1. The van der Waals surface area contributed by atoms with E-state index in [1.54, 1.807) is 6.20 Å². The Hall–Kier alpha value is -3.89. The number of amides is 1. The molecule has 2 saturated carbocycles. The number of aromatic nitrogens is 3. The van der Waals surface area contributed by atoms with Gasteiger partial charge in [0.15, 0.2) is 0 Å². The number of nitrogens with zero attached hydrogens (tertiary/aromatic N) is 4. The third-order valence-electron chi connectivity index (χ3n) is 7.14. The van der Waals surface area contributed by atoms with E-state index in [1.807, 2.05) is 36.4 Å². The molecule has 3 heterocycles. The van der Waals surface area contributed by atoms with Crippen LogP contribution in [-0.4, -0.2) is 20.3 Å². The summed E-state index contributed by atoms with van der Waals surface area (Å²) >= 11 is 6.10. The molecule has 6 rings (SSSR count). The van der Waals surface area contributed by atoms with E-state index in [0.29, 0.717) is 36.1 Å². The van der Waals surface area contributed by atoms with Crippen molar-refractivity contribution in [2.75, 3.05) is 10.6 Å². The average molecular weight is 511 g/mol. The van der Waals surface area contributed by atoms with Gasteiger partial charge in [-0.1, -0.05) is 29.8 Å². The number of carbonyl (C=O) groups is 1. The van der Waals surface area contributed by atoms with Crippen LogP contribution in [0.15, 0.2) is 61.1 Å². The van der Waals surface area contributed by atoms with Crippen LogP contribution in [-0.2, 0) is 17.8 Å². The van der Waals surface area contributed by atoms with E-state index in [1.165, 1.54) is 18.4 Å². The number of halogens is 1. The summed E-state index contributed by atoms with van der Waals surface area (Å²) in [5, 5.41) is 16.1. The highest BCUT2D eigenvalue weighted by atomic mass is 35.5. The average Bonchev–Trinajstić information content (AvgIpc) is 3.82. The van der Waals surface area contributed by atoms with Crippen molar-refractivity contribution >= 4 is 34.7 Å². The molecule has 0 bridgehead atoms. The summed E-state index contributed by atoms with van der Waals surface area (Å²) < 4.78 is 2.10. The van der Waals surface area contributed by atoms with Crippen LogP contribution < -0.4 is 10.6 Å². The van der Waals surface area contributed by atoms with Crippen molar-refractivity contribution in [2.45, 2.75) is 50.5 Å². The molecule has 0 aliphatic heterocycles. The molecule has 4 aromatic rings. The topological polar surface area (TPSA) is 95.1 Å². The van der Waals surface area contributed by atoms with Gasteiger partial charge in [0.1, 0.15) is 11.5 Å². The van der Waals surface area contributed by atoms with Crippen LogP contribution in [0.5, 0.6) is 0 Å². The Kier molecular flexibility index (Phi) is 6.27. The summed E-state index contributed by atoms with van der Waals surface area (Å²) in [5.41, 5.74) is 6.24. The zero-order valence-electron chi connectivity index (χ0n) is 20.3. The van der Waals surface area contributed by atoms with Crippen LogP contribution in [0.2, 0.25) is 5.02 Å². The molecule has 2 unspecified atom stereocenters. The van der Waals surface area contributed by atoms with Crippen LogP contribution in [0.4, 0.5) is 11.5 Å². The Morgan fingerprint density at radius 1 is 1.16 bits per heavy atom. The van der Waals surface area contributed by atoms with Gasteiger partial charge in [-0.25, -0.2) is 9.97 Å². The lowest BCUT2D eigenvalue weighted by molar-refractivity contribution is -0.117. The maximum atomic E-state index is 12.8. The lowest BCUT2D eigenvalue weighted by atomic mass is 10.1. The largest absolute Gasteiger partial charge is 0.379 e. The monoisotopic (exact) mass is 510 g/mol. The Labute approximate surface area is 220 Å². The van der Waals surface area contributed by atoms with Gasteiger partial charge in [-0.05, 0) is 72.4 Å². The quantitative estimate of drug-likeness (QED) is 0.285. The second kappa shape index (κ2) is 9.87. The van der Waals surface area contributed by atoms with Gasteiger partial charge in [0.05, 0.1) is 18.3 Å². The molecule has 2 aliphatic carbocycles. The van der Waals surface area contributed by atoms with Gasteiger partial charge >= 0.3 is 0 Å². The Morgan fingerprint density at radius 2 is 2.05 bits per heavy atom. The number of aryl methyl sites for hydroxylation is 1. The number of carbonyl (C=O) groups excluding carboxylic acids is 1. The molecule has 8 heteroatoms. The number of fused-ring (bicyclic) bond motifs is 1. The van der Waals surface area contributed by atoms with E-state index < -0.39 is 0 Å². The number of hydrogen-bond acceptors (Lipinski definition) is 5. The van der Waals surface area contributed by atoms with Crippen LogP contribution >= 0.6 is 11.6 Å². The summed E-state index contributed by atoms with van der Waals surface area (Å²) in [5.74, 6) is 1.27. The highest BCUT2D eigenvalue weighted by Gasteiger charge is 2.44. The molecule has 1 amide bonds. The molecule has 186 valence electrons. The lowest BCUT2D eigenvalue weighted by Gasteiger charge is -2.08. The Balaban J connectivity index is 1.11. The van der Waals surface area contributed by atoms with Gasteiger partial charge in [0.2, 0.25) is 5.91 Å². The molecular formula is C29H27ClN6O. The first kappa shape index (κ1) is 23.5. The first-order chi connectivity index (χ1) is 18.1. The van der Waals surface area contributed by atoms with Gasteiger partial charge in [0.25, 0.3) is 0 Å². The highest BCUT2D eigenvalue weighted by Crippen LogP contribution is 2.48. The first-order valence-corrected chi connectivity index (χ1v) is 13.1. The van der Waals surface area contributed by atoms with E-state index in [4.69, 9.17) is 21.8 Å². The summed E-state index contributed by atoms with van der Waals surface area (Å²) in [6.07, 6.45) is 10.4. The van der Waals surface area contributed by atoms with Crippen LogP contribution in [0, 0.1) is 17.2 Å². The fourth-order valence-corrected chi connectivity index (χ4v) is 5.15. The maximum absolute atomic E-state index is 12.8. The molecule has 2 atom stereocenters. The molecule has 0 radical (unpaired) electrons. The molecule has 0 saturated heterocycles. The highest BCUT2D eigenvalue weighted by molar-refractivity contribution is 6.30. The van der Waals surface area contributed by atoms with Crippen LogP contribution in [0.3, 0.4) is 0 Å². The van der Waals surface area contributed by atoms with Crippen molar-refractivity contribution in [3.05, 3.63) is 88.5 Å². The number of rotatable bonds is 9. The SMILES string of the molecule is N#CCCc1cc(C2CC2)cn2cc(CNc3ccnc(NC(=O)C4CC4c4cccc(Cl)c4)c3)nc12. The number of nitrogens with one attached hydrogen (secondary N) is 2. The molecule has 0 spiro atoms.